The van der Waals surface area contributed by atoms with Crippen molar-refractivity contribution in [3.05, 3.63) is 64.6 Å². The summed E-state index contributed by atoms with van der Waals surface area (Å²) >= 11 is 1.78. The third-order valence-electron chi connectivity index (χ3n) is 3.89. The van der Waals surface area contributed by atoms with Crippen LogP contribution in [0.1, 0.15) is 42.7 Å². The van der Waals surface area contributed by atoms with Gasteiger partial charge in [0.05, 0.1) is 12.7 Å². The van der Waals surface area contributed by atoms with Crippen molar-refractivity contribution in [1.82, 2.24) is 4.98 Å². The van der Waals surface area contributed by atoms with E-state index in [4.69, 9.17) is 4.74 Å². The van der Waals surface area contributed by atoms with Gasteiger partial charge in [-0.3, -0.25) is 4.98 Å². The van der Waals surface area contributed by atoms with E-state index in [1.807, 2.05) is 18.5 Å². The quantitative estimate of drug-likeness (QED) is 0.554. The number of nitrogens with zero attached hydrogens (tertiary/aromatic N) is 1. The molecule has 0 fully saturated rings. The highest BCUT2D eigenvalue weighted by Crippen LogP contribution is 2.29. The largest absolute Gasteiger partial charge is 0.368 e. The molecule has 114 valence electrons. The highest BCUT2D eigenvalue weighted by atomic mass is 32.1. The Balaban J connectivity index is 1.76. The predicted molar refractivity (Wildman–Crippen MR) is 93.1 cm³/mol. The number of pyridine rings is 1. The Hall–Kier alpha value is -1.71. The Labute approximate surface area is 135 Å². The first kappa shape index (κ1) is 15.2. The van der Waals surface area contributed by atoms with Gasteiger partial charge in [-0.15, -0.1) is 11.3 Å². The molecule has 0 amide bonds. The van der Waals surface area contributed by atoms with E-state index in [2.05, 4.69) is 47.6 Å². The number of hydrogen-bond donors (Lipinski definition) is 0. The highest BCUT2D eigenvalue weighted by Gasteiger charge is 2.13. The monoisotopic (exact) mass is 311 g/mol. The van der Waals surface area contributed by atoms with Crippen molar-refractivity contribution in [3.8, 4) is 0 Å². The van der Waals surface area contributed by atoms with Crippen LogP contribution in [0, 0.1) is 0 Å². The summed E-state index contributed by atoms with van der Waals surface area (Å²) < 4.78 is 6.27. The lowest BCUT2D eigenvalue weighted by atomic mass is 10.1. The van der Waals surface area contributed by atoms with E-state index in [0.29, 0.717) is 6.61 Å². The van der Waals surface area contributed by atoms with Gasteiger partial charge in [0.2, 0.25) is 0 Å². The van der Waals surface area contributed by atoms with Crippen LogP contribution in [-0.4, -0.2) is 4.98 Å². The molecule has 0 saturated heterocycles. The summed E-state index contributed by atoms with van der Waals surface area (Å²) in [4.78, 5) is 5.57. The maximum absolute atomic E-state index is 6.27. The van der Waals surface area contributed by atoms with Crippen LogP contribution < -0.4 is 0 Å². The molecule has 2 aromatic heterocycles. The van der Waals surface area contributed by atoms with Crippen LogP contribution in [0.3, 0.4) is 0 Å². The molecule has 2 heterocycles. The topological polar surface area (TPSA) is 22.1 Å². The Kier molecular flexibility index (Phi) is 5.20. The van der Waals surface area contributed by atoms with Gasteiger partial charge < -0.3 is 4.74 Å². The fourth-order valence-electron chi connectivity index (χ4n) is 2.66. The molecule has 2 nitrogen and oxygen atoms in total. The van der Waals surface area contributed by atoms with E-state index in [1.165, 1.54) is 34.1 Å². The zero-order valence-corrected chi connectivity index (χ0v) is 13.7. The van der Waals surface area contributed by atoms with Crippen molar-refractivity contribution in [1.29, 1.82) is 0 Å². The summed E-state index contributed by atoms with van der Waals surface area (Å²) in [6, 6.07) is 12.7. The summed E-state index contributed by atoms with van der Waals surface area (Å²) in [6.07, 6.45) is 7.44. The zero-order chi connectivity index (χ0) is 15.2. The second kappa shape index (κ2) is 7.52. The van der Waals surface area contributed by atoms with Crippen LogP contribution in [0.5, 0.6) is 0 Å². The van der Waals surface area contributed by atoms with Crippen molar-refractivity contribution < 1.29 is 4.74 Å². The number of benzene rings is 1. The minimum atomic E-state index is 0.201. The number of aromatic nitrogens is 1. The Morgan fingerprint density at radius 3 is 2.95 bits per heavy atom. The first-order valence-electron chi connectivity index (χ1n) is 7.85. The number of rotatable bonds is 7. The third-order valence-corrected chi connectivity index (χ3v) is 4.86. The lowest BCUT2D eigenvalue weighted by Gasteiger charge is -2.17. The van der Waals surface area contributed by atoms with Crippen LogP contribution in [0.2, 0.25) is 0 Å². The predicted octanol–water partition coefficient (Wildman–Crippen LogP) is 5.74. The molecular formula is C19H21NOS. The van der Waals surface area contributed by atoms with Gasteiger partial charge in [-0.25, -0.2) is 0 Å². The molecule has 22 heavy (non-hydrogen) atoms. The number of unbranched alkanes of at least 4 members (excludes halogenated alkanes) is 1. The van der Waals surface area contributed by atoms with Crippen LogP contribution in [0.25, 0.3) is 10.8 Å². The molecule has 0 aliphatic rings. The van der Waals surface area contributed by atoms with Crippen LogP contribution >= 0.6 is 11.3 Å². The first-order chi connectivity index (χ1) is 10.9. The fourth-order valence-corrected chi connectivity index (χ4v) is 3.47. The SMILES string of the molecule is CCCCC(OCc1cccc2ccncc12)c1cccs1. The number of hydrogen-bond acceptors (Lipinski definition) is 3. The van der Waals surface area contributed by atoms with Gasteiger partial charge in [0.15, 0.2) is 0 Å². The van der Waals surface area contributed by atoms with Crippen molar-refractivity contribution in [3.63, 3.8) is 0 Å². The molecule has 0 radical (unpaired) electrons. The van der Waals surface area contributed by atoms with Gasteiger partial charge in [-0.2, -0.15) is 0 Å². The molecule has 0 aliphatic heterocycles. The third kappa shape index (κ3) is 3.54. The van der Waals surface area contributed by atoms with E-state index < -0.39 is 0 Å². The van der Waals surface area contributed by atoms with Crippen LogP contribution in [0.15, 0.2) is 54.2 Å². The molecule has 3 heteroatoms. The zero-order valence-electron chi connectivity index (χ0n) is 12.9. The maximum atomic E-state index is 6.27. The number of ether oxygens (including phenoxy) is 1. The summed E-state index contributed by atoms with van der Waals surface area (Å²) in [5, 5.41) is 4.53. The molecular weight excluding hydrogens is 290 g/mol. The number of thiophene rings is 1. The van der Waals surface area contributed by atoms with Gasteiger partial charge in [0.25, 0.3) is 0 Å². The van der Waals surface area contributed by atoms with E-state index in [0.717, 1.165) is 6.42 Å². The average Bonchev–Trinajstić information content (AvgIpc) is 3.09. The normalized spacial score (nSPS) is 12.6. The lowest BCUT2D eigenvalue weighted by molar-refractivity contribution is 0.0354. The van der Waals surface area contributed by atoms with Crippen molar-refractivity contribution >= 4 is 22.1 Å². The Morgan fingerprint density at radius 1 is 1.18 bits per heavy atom. The minimum Gasteiger partial charge on any atom is -0.368 e. The van der Waals surface area contributed by atoms with Crippen LogP contribution in [0.4, 0.5) is 0 Å². The molecule has 0 N–H and O–H groups in total. The Bertz CT molecular complexity index is 703. The molecule has 0 spiro atoms. The molecule has 0 bridgehead atoms. The summed E-state index contributed by atoms with van der Waals surface area (Å²) in [5.74, 6) is 0. The van der Waals surface area contributed by atoms with Crippen molar-refractivity contribution in [2.24, 2.45) is 0 Å². The second-order valence-electron chi connectivity index (χ2n) is 5.47. The molecule has 0 saturated carbocycles. The van der Waals surface area contributed by atoms with Gasteiger partial charge in [-0.05, 0) is 34.9 Å². The van der Waals surface area contributed by atoms with E-state index in [-0.39, 0.29) is 6.10 Å². The van der Waals surface area contributed by atoms with Crippen molar-refractivity contribution in [2.75, 3.05) is 0 Å². The summed E-state index contributed by atoms with van der Waals surface area (Å²) in [7, 11) is 0. The molecule has 3 aromatic rings. The molecule has 1 atom stereocenters. The van der Waals surface area contributed by atoms with E-state index in [1.54, 1.807) is 11.3 Å². The minimum absolute atomic E-state index is 0.201. The van der Waals surface area contributed by atoms with Crippen LogP contribution in [-0.2, 0) is 11.3 Å². The first-order valence-corrected chi connectivity index (χ1v) is 8.73. The standard InChI is InChI=1S/C19H21NOS/c1-2-3-8-18(19-9-5-12-22-19)21-14-16-7-4-6-15-10-11-20-13-17(15)16/h4-7,9-13,18H,2-3,8,14H2,1H3. The summed E-state index contributed by atoms with van der Waals surface area (Å²) in [5.41, 5.74) is 1.21. The summed E-state index contributed by atoms with van der Waals surface area (Å²) in [6.45, 7) is 2.86. The fraction of sp³-hybridized carbons (Fsp3) is 0.316. The van der Waals surface area contributed by atoms with Gasteiger partial charge in [0, 0.05) is 22.7 Å². The molecule has 1 unspecified atom stereocenters. The lowest BCUT2D eigenvalue weighted by Crippen LogP contribution is -2.03. The number of fused-ring (bicyclic) bond motifs is 1. The smallest absolute Gasteiger partial charge is 0.0921 e. The van der Waals surface area contributed by atoms with Crippen molar-refractivity contribution in [2.45, 2.75) is 38.9 Å². The molecule has 0 aliphatic carbocycles. The highest BCUT2D eigenvalue weighted by molar-refractivity contribution is 7.10. The average molecular weight is 311 g/mol. The molecule has 1 aromatic carbocycles. The van der Waals surface area contributed by atoms with Gasteiger partial charge in [0.1, 0.15) is 0 Å². The van der Waals surface area contributed by atoms with Gasteiger partial charge in [-0.1, -0.05) is 44.0 Å². The van der Waals surface area contributed by atoms with E-state index >= 15 is 0 Å². The van der Waals surface area contributed by atoms with E-state index in [9.17, 15) is 0 Å². The molecule has 3 rings (SSSR count). The maximum Gasteiger partial charge on any atom is 0.0921 e. The second-order valence-corrected chi connectivity index (χ2v) is 6.45. The Morgan fingerprint density at radius 2 is 2.14 bits per heavy atom. The van der Waals surface area contributed by atoms with Gasteiger partial charge >= 0.3 is 0 Å².